The van der Waals surface area contributed by atoms with E-state index in [0.717, 1.165) is 0 Å². The number of halogens is 1. The molecule has 0 aliphatic heterocycles. The van der Waals surface area contributed by atoms with E-state index in [-0.39, 0.29) is 5.91 Å². The summed E-state index contributed by atoms with van der Waals surface area (Å²) in [7, 11) is 0. The highest BCUT2D eigenvalue weighted by Gasteiger charge is 2.12. The van der Waals surface area contributed by atoms with Crippen LogP contribution in [0.3, 0.4) is 0 Å². The zero-order valence-corrected chi connectivity index (χ0v) is 9.40. The number of carbonyl (C=O) groups excluding carboxylic acids is 1. The summed E-state index contributed by atoms with van der Waals surface area (Å²) in [5, 5.41) is 4.60. The monoisotopic (exact) mass is 235 g/mol. The van der Waals surface area contributed by atoms with Crippen LogP contribution >= 0.6 is 11.6 Å². The van der Waals surface area contributed by atoms with Crippen molar-refractivity contribution >= 4 is 23.3 Å². The number of nitrogens with two attached hydrogens (primary N) is 1. The first kappa shape index (κ1) is 10.7. The van der Waals surface area contributed by atoms with Gasteiger partial charge in [0.15, 0.2) is 0 Å². The van der Waals surface area contributed by atoms with Crippen LogP contribution in [-0.2, 0) is 0 Å². The third-order valence-corrected chi connectivity index (χ3v) is 2.39. The first-order valence-electron chi connectivity index (χ1n) is 4.70. The van der Waals surface area contributed by atoms with E-state index >= 15 is 0 Å². The molecule has 0 aliphatic carbocycles. The molecule has 0 bridgehead atoms. The first-order valence-corrected chi connectivity index (χ1v) is 5.08. The van der Waals surface area contributed by atoms with Gasteiger partial charge in [-0.2, -0.15) is 9.78 Å². The molecule has 0 saturated carbocycles. The Morgan fingerprint density at radius 3 is 2.50 bits per heavy atom. The van der Waals surface area contributed by atoms with E-state index in [1.54, 1.807) is 37.3 Å². The molecule has 16 heavy (non-hydrogen) atoms. The third kappa shape index (κ3) is 1.92. The van der Waals surface area contributed by atoms with Crippen molar-refractivity contribution in [1.82, 2.24) is 9.78 Å². The first-order chi connectivity index (χ1) is 7.58. The normalized spacial score (nSPS) is 10.4. The summed E-state index contributed by atoms with van der Waals surface area (Å²) in [5.74, 6) is 0.0692. The van der Waals surface area contributed by atoms with E-state index in [2.05, 4.69) is 5.10 Å². The summed E-state index contributed by atoms with van der Waals surface area (Å²) in [6, 6.07) is 8.23. The molecule has 1 aromatic heterocycles. The lowest BCUT2D eigenvalue weighted by molar-refractivity contribution is 0.0947. The summed E-state index contributed by atoms with van der Waals surface area (Å²) in [4.78, 5) is 12.0. The minimum Gasteiger partial charge on any atom is -0.383 e. The second-order valence-corrected chi connectivity index (χ2v) is 3.87. The smallest absolute Gasteiger partial charge is 0.280 e. The summed E-state index contributed by atoms with van der Waals surface area (Å²) >= 11 is 5.74. The van der Waals surface area contributed by atoms with Gasteiger partial charge in [0.1, 0.15) is 5.82 Å². The highest BCUT2D eigenvalue weighted by Crippen LogP contribution is 2.13. The third-order valence-electron chi connectivity index (χ3n) is 2.14. The molecule has 5 heteroatoms. The van der Waals surface area contributed by atoms with Gasteiger partial charge in [-0.25, -0.2) is 0 Å². The standard InChI is InChI=1S/C11H10ClN3O/c1-7-6-10(13)15(14-7)11(16)8-2-4-9(12)5-3-8/h2-6H,13H2,1H3. The Bertz CT molecular complexity index is 531. The summed E-state index contributed by atoms with van der Waals surface area (Å²) in [6.45, 7) is 1.78. The van der Waals surface area contributed by atoms with Crippen LogP contribution in [0, 0.1) is 6.92 Å². The van der Waals surface area contributed by atoms with Gasteiger partial charge in [-0.05, 0) is 31.2 Å². The SMILES string of the molecule is Cc1cc(N)n(C(=O)c2ccc(Cl)cc2)n1. The molecule has 4 nitrogen and oxygen atoms in total. The number of carbonyl (C=O) groups is 1. The molecule has 82 valence electrons. The van der Waals surface area contributed by atoms with Crippen molar-refractivity contribution in [2.75, 3.05) is 5.73 Å². The molecule has 2 N–H and O–H groups in total. The van der Waals surface area contributed by atoms with Gasteiger partial charge in [0.25, 0.3) is 5.91 Å². The van der Waals surface area contributed by atoms with Gasteiger partial charge in [0.05, 0.1) is 5.69 Å². The van der Waals surface area contributed by atoms with Gasteiger partial charge in [0, 0.05) is 16.7 Å². The van der Waals surface area contributed by atoms with E-state index in [9.17, 15) is 4.79 Å². The zero-order chi connectivity index (χ0) is 11.7. The molecule has 2 rings (SSSR count). The molecule has 0 spiro atoms. The molecule has 0 atom stereocenters. The number of aryl methyl sites for hydroxylation is 1. The van der Waals surface area contributed by atoms with Crippen molar-refractivity contribution in [3.63, 3.8) is 0 Å². The van der Waals surface area contributed by atoms with Crippen molar-refractivity contribution in [3.05, 3.63) is 46.6 Å². The maximum Gasteiger partial charge on any atom is 0.280 e. The Kier molecular flexibility index (Phi) is 2.66. The topological polar surface area (TPSA) is 60.9 Å². The number of nitrogens with zero attached hydrogens (tertiary/aromatic N) is 2. The highest BCUT2D eigenvalue weighted by molar-refractivity contribution is 6.30. The number of anilines is 1. The van der Waals surface area contributed by atoms with E-state index in [0.29, 0.717) is 22.1 Å². The van der Waals surface area contributed by atoms with Gasteiger partial charge in [-0.3, -0.25) is 4.79 Å². The molecule has 0 fully saturated rings. The van der Waals surface area contributed by atoms with Crippen LogP contribution in [0.1, 0.15) is 16.1 Å². The molecule has 0 saturated heterocycles. The molecular formula is C11H10ClN3O. The Morgan fingerprint density at radius 2 is 2.00 bits per heavy atom. The fourth-order valence-electron chi connectivity index (χ4n) is 1.40. The van der Waals surface area contributed by atoms with Crippen LogP contribution in [0.2, 0.25) is 5.02 Å². The van der Waals surface area contributed by atoms with Gasteiger partial charge < -0.3 is 5.73 Å². The Balaban J connectivity index is 2.39. The number of nitrogen functional groups attached to an aromatic ring is 1. The molecule has 0 amide bonds. The van der Waals surface area contributed by atoms with Crippen LogP contribution < -0.4 is 5.73 Å². The Hall–Kier alpha value is -1.81. The van der Waals surface area contributed by atoms with Crippen molar-refractivity contribution < 1.29 is 4.79 Å². The van der Waals surface area contributed by atoms with Crippen LogP contribution in [0.5, 0.6) is 0 Å². The summed E-state index contributed by atoms with van der Waals surface area (Å²) in [6.07, 6.45) is 0. The molecular weight excluding hydrogens is 226 g/mol. The summed E-state index contributed by atoms with van der Waals surface area (Å²) in [5.41, 5.74) is 6.87. The molecule has 0 radical (unpaired) electrons. The minimum atomic E-state index is -0.262. The number of hydrogen-bond donors (Lipinski definition) is 1. The number of rotatable bonds is 1. The Labute approximate surface area is 97.6 Å². The van der Waals surface area contributed by atoms with Crippen molar-refractivity contribution in [2.24, 2.45) is 0 Å². The fraction of sp³-hybridized carbons (Fsp3) is 0.0909. The lowest BCUT2D eigenvalue weighted by atomic mass is 10.2. The number of aromatic nitrogens is 2. The van der Waals surface area contributed by atoms with Crippen molar-refractivity contribution in [2.45, 2.75) is 6.92 Å². The lowest BCUT2D eigenvalue weighted by Crippen LogP contribution is -2.15. The quantitative estimate of drug-likeness (QED) is 0.824. The second-order valence-electron chi connectivity index (χ2n) is 3.43. The predicted molar refractivity (Wildman–Crippen MR) is 62.6 cm³/mol. The predicted octanol–water partition coefficient (Wildman–Crippen LogP) is 2.12. The molecule has 1 heterocycles. The number of hydrogen-bond acceptors (Lipinski definition) is 3. The average molecular weight is 236 g/mol. The largest absolute Gasteiger partial charge is 0.383 e. The highest BCUT2D eigenvalue weighted by atomic mass is 35.5. The molecule has 2 aromatic rings. The fourth-order valence-corrected chi connectivity index (χ4v) is 1.52. The number of benzene rings is 1. The molecule has 0 unspecified atom stereocenters. The van der Waals surface area contributed by atoms with E-state index in [1.165, 1.54) is 4.68 Å². The van der Waals surface area contributed by atoms with Crippen LogP contribution in [-0.4, -0.2) is 15.7 Å². The van der Waals surface area contributed by atoms with Gasteiger partial charge in [-0.15, -0.1) is 0 Å². The van der Waals surface area contributed by atoms with E-state index in [4.69, 9.17) is 17.3 Å². The van der Waals surface area contributed by atoms with Gasteiger partial charge >= 0.3 is 0 Å². The minimum absolute atomic E-state index is 0.262. The molecule has 1 aromatic carbocycles. The van der Waals surface area contributed by atoms with Gasteiger partial charge in [-0.1, -0.05) is 11.6 Å². The van der Waals surface area contributed by atoms with Crippen molar-refractivity contribution in [3.8, 4) is 0 Å². The van der Waals surface area contributed by atoms with Crippen LogP contribution in [0.15, 0.2) is 30.3 Å². The Morgan fingerprint density at radius 1 is 1.38 bits per heavy atom. The molecule has 0 aliphatic rings. The lowest BCUT2D eigenvalue weighted by Gasteiger charge is -2.02. The average Bonchev–Trinajstić information content (AvgIpc) is 2.58. The van der Waals surface area contributed by atoms with Crippen molar-refractivity contribution in [1.29, 1.82) is 0 Å². The zero-order valence-electron chi connectivity index (χ0n) is 8.64. The maximum atomic E-state index is 12.0. The maximum absolute atomic E-state index is 12.0. The summed E-state index contributed by atoms with van der Waals surface area (Å²) < 4.78 is 1.18. The van der Waals surface area contributed by atoms with Gasteiger partial charge in [0.2, 0.25) is 0 Å². The van der Waals surface area contributed by atoms with Crippen LogP contribution in [0.4, 0.5) is 5.82 Å². The second kappa shape index (κ2) is 3.98. The van der Waals surface area contributed by atoms with E-state index in [1.807, 2.05) is 0 Å². The van der Waals surface area contributed by atoms with Crippen LogP contribution in [0.25, 0.3) is 0 Å². The van der Waals surface area contributed by atoms with E-state index < -0.39 is 0 Å².